The summed E-state index contributed by atoms with van der Waals surface area (Å²) in [7, 11) is 0. The van der Waals surface area contributed by atoms with Crippen LogP contribution in [0.1, 0.15) is 38.4 Å². The Morgan fingerprint density at radius 1 is 1.16 bits per heavy atom. The van der Waals surface area contributed by atoms with Crippen LogP contribution in [0.15, 0.2) is 53.4 Å². The van der Waals surface area contributed by atoms with Crippen molar-refractivity contribution < 1.29 is 27.5 Å². The van der Waals surface area contributed by atoms with Crippen LogP contribution in [-0.4, -0.2) is 26.4 Å². The molecule has 1 heterocycles. The second kappa shape index (κ2) is 8.97. The molecule has 0 fully saturated rings. The van der Waals surface area contributed by atoms with Gasteiger partial charge in [-0.25, -0.2) is 9.18 Å². The van der Waals surface area contributed by atoms with Crippen LogP contribution in [0.5, 0.6) is 0 Å². The van der Waals surface area contributed by atoms with Crippen molar-refractivity contribution in [2.75, 3.05) is 0 Å². The number of alkyl halides is 3. The van der Waals surface area contributed by atoms with Crippen LogP contribution in [0.4, 0.5) is 17.6 Å². The predicted octanol–water partition coefficient (Wildman–Crippen LogP) is 6.33. The lowest BCUT2D eigenvalue weighted by molar-refractivity contribution is -0.0328. The number of aromatic nitrogens is 2. The van der Waals surface area contributed by atoms with E-state index in [0.29, 0.717) is 16.8 Å². The molecule has 0 bridgehead atoms. The number of halogens is 4. The van der Waals surface area contributed by atoms with Crippen molar-refractivity contribution in [3.63, 3.8) is 0 Å². The first-order chi connectivity index (χ1) is 14.5. The zero-order valence-corrected chi connectivity index (χ0v) is 17.4. The molecule has 0 spiro atoms. The third-order valence-corrected chi connectivity index (χ3v) is 5.37. The Kier molecular flexibility index (Phi) is 6.54. The summed E-state index contributed by atoms with van der Waals surface area (Å²) in [4.78, 5) is 11.3. The van der Waals surface area contributed by atoms with E-state index in [0.717, 1.165) is 5.56 Å². The highest BCUT2D eigenvalue weighted by molar-refractivity contribution is 8.00. The Labute approximate surface area is 180 Å². The summed E-state index contributed by atoms with van der Waals surface area (Å²) in [5.74, 6) is -1.65. The van der Waals surface area contributed by atoms with Gasteiger partial charge >= 0.3 is 11.5 Å². The van der Waals surface area contributed by atoms with Crippen LogP contribution >= 0.6 is 11.8 Å². The van der Waals surface area contributed by atoms with E-state index in [1.807, 2.05) is 0 Å². The van der Waals surface area contributed by atoms with E-state index in [1.54, 1.807) is 36.7 Å². The number of benzene rings is 2. The molecule has 0 aliphatic heterocycles. The maximum Gasteiger partial charge on any atom is 0.446 e. The molecule has 31 heavy (non-hydrogen) atoms. The van der Waals surface area contributed by atoms with E-state index in [1.165, 1.54) is 36.4 Å². The highest BCUT2D eigenvalue weighted by Gasteiger charge is 2.29. The van der Waals surface area contributed by atoms with Crippen molar-refractivity contribution >= 4 is 29.6 Å². The standard InChI is InChI=1S/C22H18F4N2O2S/c1-13-10-20(19(23)11-15-6-8-17(9-7-15)31-22(24,25)26)27-28(13)12-16-4-3-5-18(14(16)2)21(29)30/h3-11H,12H2,1-2H3,(H,29,30)/b19-11-. The van der Waals surface area contributed by atoms with Gasteiger partial charge in [-0.3, -0.25) is 4.68 Å². The van der Waals surface area contributed by atoms with Crippen molar-refractivity contribution in [2.45, 2.75) is 30.8 Å². The number of thioether (sulfide) groups is 1. The van der Waals surface area contributed by atoms with Crippen LogP contribution in [0.25, 0.3) is 11.9 Å². The van der Waals surface area contributed by atoms with Crippen LogP contribution in [0, 0.1) is 13.8 Å². The number of carbonyl (C=O) groups is 1. The van der Waals surface area contributed by atoms with Crippen LogP contribution in [-0.2, 0) is 6.54 Å². The fourth-order valence-corrected chi connectivity index (χ4v) is 3.56. The number of hydrogen-bond donors (Lipinski definition) is 1. The minimum absolute atomic E-state index is 0.0177. The highest BCUT2D eigenvalue weighted by Crippen LogP contribution is 2.37. The monoisotopic (exact) mass is 450 g/mol. The fraction of sp³-hybridized carbons (Fsp3) is 0.182. The lowest BCUT2D eigenvalue weighted by Gasteiger charge is -2.10. The second-order valence-electron chi connectivity index (χ2n) is 6.83. The molecule has 9 heteroatoms. The number of aromatic carboxylic acids is 1. The normalized spacial score (nSPS) is 12.3. The third kappa shape index (κ3) is 5.75. The smallest absolute Gasteiger partial charge is 0.446 e. The summed E-state index contributed by atoms with van der Waals surface area (Å²) in [6.07, 6.45) is 1.20. The number of carboxylic acid groups (broad SMARTS) is 1. The SMILES string of the molecule is Cc1c(Cn2nc(/C(F)=C/c3ccc(SC(F)(F)F)cc3)cc2C)cccc1C(=O)O. The second-order valence-corrected chi connectivity index (χ2v) is 7.97. The highest BCUT2D eigenvalue weighted by atomic mass is 32.2. The molecule has 0 saturated heterocycles. The zero-order valence-electron chi connectivity index (χ0n) is 16.6. The van der Waals surface area contributed by atoms with Gasteiger partial charge in [0.1, 0.15) is 5.69 Å². The summed E-state index contributed by atoms with van der Waals surface area (Å²) < 4.78 is 53.5. The molecular formula is C22H18F4N2O2S. The van der Waals surface area contributed by atoms with Crippen molar-refractivity contribution in [3.8, 4) is 0 Å². The lowest BCUT2D eigenvalue weighted by atomic mass is 10.0. The maximum atomic E-state index is 14.7. The summed E-state index contributed by atoms with van der Waals surface area (Å²) in [6, 6.07) is 11.9. The molecule has 0 unspecified atom stereocenters. The Morgan fingerprint density at radius 2 is 1.84 bits per heavy atom. The van der Waals surface area contributed by atoms with Gasteiger partial charge in [0, 0.05) is 10.6 Å². The van der Waals surface area contributed by atoms with E-state index < -0.39 is 17.3 Å². The molecule has 3 aromatic rings. The van der Waals surface area contributed by atoms with Gasteiger partial charge in [0.2, 0.25) is 0 Å². The van der Waals surface area contributed by atoms with E-state index >= 15 is 0 Å². The number of carboxylic acids is 1. The Balaban J connectivity index is 1.80. The first-order valence-corrected chi connectivity index (χ1v) is 9.95. The quantitative estimate of drug-likeness (QED) is 0.352. The molecule has 0 radical (unpaired) electrons. The van der Waals surface area contributed by atoms with E-state index in [2.05, 4.69) is 5.10 Å². The number of aryl methyl sites for hydroxylation is 1. The summed E-state index contributed by atoms with van der Waals surface area (Å²) in [5.41, 5.74) is -1.66. The third-order valence-electron chi connectivity index (χ3n) is 4.63. The number of rotatable bonds is 6. The molecule has 2 aromatic carbocycles. The Bertz CT molecular complexity index is 1140. The van der Waals surface area contributed by atoms with E-state index in [-0.39, 0.29) is 34.5 Å². The average molecular weight is 450 g/mol. The summed E-state index contributed by atoms with van der Waals surface area (Å²) >= 11 is -0.232. The van der Waals surface area contributed by atoms with Crippen molar-refractivity contribution in [1.29, 1.82) is 0 Å². The van der Waals surface area contributed by atoms with E-state index in [9.17, 15) is 27.5 Å². The molecule has 4 nitrogen and oxygen atoms in total. The molecule has 1 aromatic heterocycles. The fourth-order valence-electron chi connectivity index (χ4n) is 3.02. The first-order valence-electron chi connectivity index (χ1n) is 9.13. The van der Waals surface area contributed by atoms with Crippen molar-refractivity contribution in [3.05, 3.63) is 82.2 Å². The van der Waals surface area contributed by atoms with Gasteiger partial charge < -0.3 is 5.11 Å². The molecular weight excluding hydrogens is 432 g/mol. The summed E-state index contributed by atoms with van der Waals surface area (Å²) in [6.45, 7) is 3.73. The predicted molar refractivity (Wildman–Crippen MR) is 112 cm³/mol. The van der Waals surface area contributed by atoms with E-state index in [4.69, 9.17) is 0 Å². The molecule has 0 atom stereocenters. The van der Waals surface area contributed by atoms with Gasteiger partial charge in [-0.15, -0.1) is 0 Å². The van der Waals surface area contributed by atoms with Gasteiger partial charge in [-0.05, 0) is 72.6 Å². The van der Waals surface area contributed by atoms with Crippen LogP contribution in [0.2, 0.25) is 0 Å². The maximum absolute atomic E-state index is 14.7. The van der Waals surface area contributed by atoms with Crippen LogP contribution < -0.4 is 0 Å². The minimum Gasteiger partial charge on any atom is -0.478 e. The number of nitrogens with zero attached hydrogens (tertiary/aromatic N) is 2. The number of hydrogen-bond acceptors (Lipinski definition) is 3. The molecule has 0 saturated carbocycles. The summed E-state index contributed by atoms with van der Waals surface area (Å²) in [5, 5.41) is 13.5. The average Bonchev–Trinajstić information content (AvgIpc) is 3.04. The van der Waals surface area contributed by atoms with Gasteiger partial charge in [0.05, 0.1) is 12.1 Å². The minimum atomic E-state index is -4.38. The van der Waals surface area contributed by atoms with Crippen molar-refractivity contribution in [2.24, 2.45) is 0 Å². The van der Waals surface area contributed by atoms with Crippen molar-refractivity contribution in [1.82, 2.24) is 9.78 Å². The zero-order chi connectivity index (χ0) is 22.8. The molecule has 1 N–H and O–H groups in total. The lowest BCUT2D eigenvalue weighted by Crippen LogP contribution is -2.08. The molecule has 0 aliphatic rings. The molecule has 0 aliphatic carbocycles. The van der Waals surface area contributed by atoms with Gasteiger partial charge in [0.15, 0.2) is 5.83 Å². The van der Waals surface area contributed by atoms with Crippen LogP contribution in [0.3, 0.4) is 0 Å². The largest absolute Gasteiger partial charge is 0.478 e. The Hall–Kier alpha value is -3.07. The molecule has 3 rings (SSSR count). The molecule has 0 amide bonds. The van der Waals surface area contributed by atoms with Gasteiger partial charge in [-0.1, -0.05) is 24.3 Å². The first kappa shape index (κ1) is 22.6. The topological polar surface area (TPSA) is 55.1 Å². The van der Waals surface area contributed by atoms with Gasteiger partial charge in [0.25, 0.3) is 0 Å². The Morgan fingerprint density at radius 3 is 2.45 bits per heavy atom. The molecule has 162 valence electrons. The van der Waals surface area contributed by atoms with Gasteiger partial charge in [-0.2, -0.15) is 18.3 Å².